The molecular formula is C18H21NO6S. The van der Waals surface area contributed by atoms with Gasteiger partial charge < -0.3 is 19.0 Å². The normalized spacial score (nSPS) is 10.9. The maximum Gasteiger partial charge on any atom is 0.339 e. The second-order valence-electron chi connectivity index (χ2n) is 5.22. The molecule has 2 aromatic carbocycles. The van der Waals surface area contributed by atoms with Crippen molar-refractivity contribution in [3.8, 4) is 17.2 Å². The van der Waals surface area contributed by atoms with E-state index in [4.69, 9.17) is 13.7 Å². The molecule has 0 spiro atoms. The van der Waals surface area contributed by atoms with Crippen LogP contribution in [0.3, 0.4) is 0 Å². The van der Waals surface area contributed by atoms with Gasteiger partial charge in [0.25, 0.3) is 0 Å². The Labute approximate surface area is 153 Å². The van der Waals surface area contributed by atoms with Crippen molar-refractivity contribution < 1.29 is 26.9 Å². The molecule has 0 atom stereocenters. The Morgan fingerprint density at radius 1 is 0.962 bits per heavy atom. The Morgan fingerprint density at radius 3 is 2.15 bits per heavy atom. The Morgan fingerprint density at radius 2 is 1.58 bits per heavy atom. The van der Waals surface area contributed by atoms with Gasteiger partial charge >= 0.3 is 10.1 Å². The minimum Gasteiger partial charge on any atom is -0.490 e. The molecule has 0 saturated heterocycles. The standard InChI is InChI=1S/C18H21NO6S/c1-4-23-17-11-10-16(12-18(17)24-5-2)26(21,22)25-15-8-6-14(7-9-15)19-13(3)20/h6-12H,4-5H2,1-3H3,(H,19,20). The van der Waals surface area contributed by atoms with Crippen LogP contribution >= 0.6 is 0 Å². The fourth-order valence-electron chi connectivity index (χ4n) is 2.16. The number of ether oxygens (including phenoxy) is 2. The number of anilines is 1. The SMILES string of the molecule is CCOc1ccc(S(=O)(=O)Oc2ccc(NC(C)=O)cc2)cc1OCC. The fourth-order valence-corrected chi connectivity index (χ4v) is 3.11. The second-order valence-corrected chi connectivity index (χ2v) is 6.76. The predicted molar refractivity (Wildman–Crippen MR) is 97.3 cm³/mol. The molecule has 2 aromatic rings. The average molecular weight is 379 g/mol. The van der Waals surface area contributed by atoms with Gasteiger partial charge in [0.2, 0.25) is 5.91 Å². The van der Waals surface area contributed by atoms with Crippen molar-refractivity contribution in [3.63, 3.8) is 0 Å². The Balaban J connectivity index is 2.23. The molecule has 0 unspecified atom stereocenters. The molecule has 0 aliphatic carbocycles. The van der Waals surface area contributed by atoms with E-state index in [0.717, 1.165) is 0 Å². The molecule has 0 heterocycles. The van der Waals surface area contributed by atoms with Gasteiger partial charge in [-0.05, 0) is 50.2 Å². The largest absolute Gasteiger partial charge is 0.490 e. The van der Waals surface area contributed by atoms with Crippen LogP contribution in [-0.4, -0.2) is 27.5 Å². The molecule has 2 rings (SSSR count). The summed E-state index contributed by atoms with van der Waals surface area (Å²) in [5, 5.41) is 2.59. The predicted octanol–water partition coefficient (Wildman–Crippen LogP) is 3.21. The molecule has 1 N–H and O–H groups in total. The molecule has 8 heteroatoms. The lowest BCUT2D eigenvalue weighted by molar-refractivity contribution is -0.114. The number of carbonyl (C=O) groups excluding carboxylic acids is 1. The zero-order chi connectivity index (χ0) is 19.2. The average Bonchev–Trinajstić information content (AvgIpc) is 2.58. The summed E-state index contributed by atoms with van der Waals surface area (Å²) >= 11 is 0. The van der Waals surface area contributed by atoms with Crippen LogP contribution in [0.2, 0.25) is 0 Å². The maximum absolute atomic E-state index is 12.5. The molecule has 0 aliphatic rings. The van der Waals surface area contributed by atoms with Gasteiger partial charge in [0.15, 0.2) is 11.5 Å². The quantitative estimate of drug-likeness (QED) is 0.708. The second kappa shape index (κ2) is 8.57. The summed E-state index contributed by atoms with van der Waals surface area (Å²) in [7, 11) is -4.04. The number of benzene rings is 2. The van der Waals surface area contributed by atoms with Gasteiger partial charge in [-0.1, -0.05) is 0 Å². The number of amides is 1. The molecule has 26 heavy (non-hydrogen) atoms. The lowest BCUT2D eigenvalue weighted by atomic mass is 10.3. The third-order valence-corrected chi connectivity index (χ3v) is 4.43. The summed E-state index contributed by atoms with van der Waals surface area (Å²) < 4.78 is 41.0. The van der Waals surface area contributed by atoms with E-state index in [2.05, 4.69) is 5.32 Å². The zero-order valence-electron chi connectivity index (χ0n) is 14.8. The highest BCUT2D eigenvalue weighted by Crippen LogP contribution is 2.31. The van der Waals surface area contributed by atoms with E-state index in [-0.39, 0.29) is 16.6 Å². The lowest BCUT2D eigenvalue weighted by Crippen LogP contribution is -2.11. The summed E-state index contributed by atoms with van der Waals surface area (Å²) in [5.74, 6) is 0.711. The van der Waals surface area contributed by atoms with Gasteiger partial charge in [-0.3, -0.25) is 4.79 Å². The van der Waals surface area contributed by atoms with Crippen molar-refractivity contribution in [2.45, 2.75) is 25.7 Å². The summed E-state index contributed by atoms with van der Waals surface area (Å²) in [6, 6.07) is 10.3. The van der Waals surface area contributed by atoms with Crippen LogP contribution in [0.25, 0.3) is 0 Å². The third-order valence-electron chi connectivity index (χ3n) is 3.18. The Kier molecular flexibility index (Phi) is 6.46. The van der Waals surface area contributed by atoms with Gasteiger partial charge in [0.1, 0.15) is 10.6 Å². The van der Waals surface area contributed by atoms with E-state index in [9.17, 15) is 13.2 Å². The van der Waals surface area contributed by atoms with E-state index >= 15 is 0 Å². The van der Waals surface area contributed by atoms with Crippen molar-refractivity contribution in [3.05, 3.63) is 42.5 Å². The first kappa shape index (κ1) is 19.6. The summed E-state index contributed by atoms with van der Waals surface area (Å²) in [6.45, 7) is 5.81. The number of hydrogen-bond acceptors (Lipinski definition) is 6. The van der Waals surface area contributed by atoms with Crippen LogP contribution in [0.5, 0.6) is 17.2 Å². The highest BCUT2D eigenvalue weighted by Gasteiger charge is 2.19. The molecule has 140 valence electrons. The van der Waals surface area contributed by atoms with Crippen LogP contribution in [0.1, 0.15) is 20.8 Å². The van der Waals surface area contributed by atoms with Crippen LogP contribution in [0.15, 0.2) is 47.4 Å². The van der Waals surface area contributed by atoms with Crippen LogP contribution in [0.4, 0.5) is 5.69 Å². The Bertz CT molecular complexity index is 862. The molecule has 0 fully saturated rings. The number of carbonyl (C=O) groups is 1. The topological polar surface area (TPSA) is 90.9 Å². The zero-order valence-corrected chi connectivity index (χ0v) is 15.6. The first-order valence-corrected chi connectivity index (χ1v) is 9.48. The molecule has 1 amide bonds. The molecule has 0 aliphatic heterocycles. The fraction of sp³-hybridized carbons (Fsp3) is 0.278. The molecular weight excluding hydrogens is 358 g/mol. The third kappa shape index (κ3) is 5.13. The van der Waals surface area contributed by atoms with Crippen molar-refractivity contribution in [1.29, 1.82) is 0 Å². The van der Waals surface area contributed by atoms with Gasteiger partial charge in [0, 0.05) is 18.7 Å². The van der Waals surface area contributed by atoms with E-state index in [0.29, 0.717) is 30.4 Å². The molecule has 0 saturated carbocycles. The lowest BCUT2D eigenvalue weighted by Gasteiger charge is -2.13. The maximum atomic E-state index is 12.5. The monoisotopic (exact) mass is 379 g/mol. The van der Waals surface area contributed by atoms with Crippen LogP contribution in [-0.2, 0) is 14.9 Å². The van der Waals surface area contributed by atoms with Crippen LogP contribution < -0.4 is 19.0 Å². The number of hydrogen-bond donors (Lipinski definition) is 1. The minimum atomic E-state index is -4.04. The first-order chi connectivity index (χ1) is 12.4. The Hall–Kier alpha value is -2.74. The van der Waals surface area contributed by atoms with E-state index in [1.165, 1.54) is 37.3 Å². The van der Waals surface area contributed by atoms with Crippen molar-refractivity contribution in [1.82, 2.24) is 0 Å². The van der Waals surface area contributed by atoms with E-state index < -0.39 is 10.1 Å². The minimum absolute atomic E-state index is 0.0460. The highest BCUT2D eigenvalue weighted by atomic mass is 32.2. The van der Waals surface area contributed by atoms with Crippen LogP contribution in [0, 0.1) is 0 Å². The van der Waals surface area contributed by atoms with Crippen molar-refractivity contribution in [2.24, 2.45) is 0 Å². The summed E-state index contributed by atoms with van der Waals surface area (Å²) in [5.41, 5.74) is 0.543. The van der Waals surface area contributed by atoms with Crippen molar-refractivity contribution >= 4 is 21.7 Å². The van der Waals surface area contributed by atoms with E-state index in [1.54, 1.807) is 19.1 Å². The van der Waals surface area contributed by atoms with Gasteiger partial charge in [-0.25, -0.2) is 0 Å². The first-order valence-electron chi connectivity index (χ1n) is 8.07. The van der Waals surface area contributed by atoms with Gasteiger partial charge in [-0.2, -0.15) is 8.42 Å². The molecule has 0 aromatic heterocycles. The molecule has 0 bridgehead atoms. The molecule has 0 radical (unpaired) electrons. The van der Waals surface area contributed by atoms with Gasteiger partial charge in [-0.15, -0.1) is 0 Å². The number of rotatable bonds is 8. The van der Waals surface area contributed by atoms with E-state index in [1.807, 2.05) is 6.92 Å². The van der Waals surface area contributed by atoms with Gasteiger partial charge in [0.05, 0.1) is 13.2 Å². The van der Waals surface area contributed by atoms with Crippen molar-refractivity contribution in [2.75, 3.05) is 18.5 Å². The molecule has 7 nitrogen and oxygen atoms in total. The smallest absolute Gasteiger partial charge is 0.339 e. The summed E-state index contributed by atoms with van der Waals surface area (Å²) in [6.07, 6.45) is 0. The number of nitrogens with one attached hydrogen (secondary N) is 1. The summed E-state index contributed by atoms with van der Waals surface area (Å²) in [4.78, 5) is 11.0. The highest BCUT2D eigenvalue weighted by molar-refractivity contribution is 7.87.